The molecule has 0 saturated heterocycles. The molecular weight excluding hydrogens is 445 g/mol. The third kappa shape index (κ3) is 4.88. The average molecular weight is 461 g/mol. The first-order valence-electron chi connectivity index (χ1n) is 9.62. The second-order valence-corrected chi connectivity index (χ2v) is 7.65. The van der Waals surface area contributed by atoms with Gasteiger partial charge < -0.3 is 10.6 Å². The molecule has 0 radical (unpaired) electrons. The molecule has 2 N–H and O–H groups in total. The van der Waals surface area contributed by atoms with Crippen molar-refractivity contribution in [3.05, 3.63) is 76.8 Å². The molecule has 3 aromatic rings. The van der Waals surface area contributed by atoms with Gasteiger partial charge >= 0.3 is 6.18 Å². The highest BCUT2D eigenvalue weighted by Crippen LogP contribution is 2.37. The summed E-state index contributed by atoms with van der Waals surface area (Å²) in [7, 11) is 0. The van der Waals surface area contributed by atoms with Crippen LogP contribution < -0.4 is 10.6 Å². The molecule has 6 nitrogen and oxygen atoms in total. The number of halogens is 4. The minimum absolute atomic E-state index is 0.113. The van der Waals surface area contributed by atoms with E-state index in [1.165, 1.54) is 42.9 Å². The zero-order chi connectivity index (χ0) is 22.9. The summed E-state index contributed by atoms with van der Waals surface area (Å²) in [5.41, 5.74) is 0.375. The molecule has 0 atom stereocenters. The summed E-state index contributed by atoms with van der Waals surface area (Å²) in [5.74, 6) is -0.897. The van der Waals surface area contributed by atoms with Gasteiger partial charge in [-0.05, 0) is 43.2 Å². The fraction of sp³-hybridized carbons (Fsp3) is 0.182. The van der Waals surface area contributed by atoms with Crippen LogP contribution in [0.5, 0.6) is 0 Å². The van der Waals surface area contributed by atoms with Gasteiger partial charge in [-0.2, -0.15) is 13.2 Å². The van der Waals surface area contributed by atoms with Crippen LogP contribution in [-0.4, -0.2) is 27.8 Å². The quantitative estimate of drug-likeness (QED) is 0.563. The SMILES string of the molecule is O=C(Nc1cnccc1-c1ccc(C(F)(F)F)cc1Cl)c1ccnc(C(=O)NC2CC2)c1. The van der Waals surface area contributed by atoms with Gasteiger partial charge in [-0.15, -0.1) is 0 Å². The molecule has 2 aromatic heterocycles. The van der Waals surface area contributed by atoms with E-state index >= 15 is 0 Å². The van der Waals surface area contributed by atoms with Crippen molar-refractivity contribution in [1.82, 2.24) is 15.3 Å². The normalized spacial score (nSPS) is 13.5. The highest BCUT2D eigenvalue weighted by molar-refractivity contribution is 6.33. The molecule has 164 valence electrons. The summed E-state index contributed by atoms with van der Waals surface area (Å²) in [6.45, 7) is 0. The lowest BCUT2D eigenvalue weighted by Crippen LogP contribution is -2.26. The molecule has 10 heteroatoms. The number of carbonyl (C=O) groups is 2. The van der Waals surface area contributed by atoms with Crippen LogP contribution in [0, 0.1) is 0 Å². The van der Waals surface area contributed by atoms with Gasteiger partial charge in [0.25, 0.3) is 11.8 Å². The Morgan fingerprint density at radius 3 is 2.47 bits per heavy atom. The highest BCUT2D eigenvalue weighted by atomic mass is 35.5. The maximum absolute atomic E-state index is 12.9. The van der Waals surface area contributed by atoms with Crippen LogP contribution in [0.2, 0.25) is 5.02 Å². The number of anilines is 1. The topological polar surface area (TPSA) is 84.0 Å². The van der Waals surface area contributed by atoms with Crippen molar-refractivity contribution in [2.24, 2.45) is 0 Å². The Kier molecular flexibility index (Phi) is 5.84. The Balaban J connectivity index is 1.59. The van der Waals surface area contributed by atoms with Crippen molar-refractivity contribution in [3.63, 3.8) is 0 Å². The van der Waals surface area contributed by atoms with Gasteiger partial charge in [-0.1, -0.05) is 17.7 Å². The van der Waals surface area contributed by atoms with E-state index in [2.05, 4.69) is 20.6 Å². The number of hydrogen-bond acceptors (Lipinski definition) is 4. The number of nitrogens with zero attached hydrogens (tertiary/aromatic N) is 2. The van der Waals surface area contributed by atoms with Crippen LogP contribution in [0.25, 0.3) is 11.1 Å². The minimum atomic E-state index is -4.53. The molecule has 4 rings (SSSR count). The second-order valence-electron chi connectivity index (χ2n) is 7.25. The molecule has 1 fully saturated rings. The number of aromatic nitrogens is 2. The maximum atomic E-state index is 12.9. The molecular formula is C22H16ClF3N4O2. The summed E-state index contributed by atoms with van der Waals surface area (Å²) < 4.78 is 38.8. The van der Waals surface area contributed by atoms with Crippen LogP contribution in [0.15, 0.2) is 55.0 Å². The van der Waals surface area contributed by atoms with E-state index < -0.39 is 17.6 Å². The number of carbonyl (C=O) groups excluding carboxylic acids is 2. The molecule has 32 heavy (non-hydrogen) atoms. The smallest absolute Gasteiger partial charge is 0.348 e. The van der Waals surface area contributed by atoms with E-state index in [1.54, 1.807) is 0 Å². The lowest BCUT2D eigenvalue weighted by atomic mass is 10.0. The van der Waals surface area contributed by atoms with Crippen molar-refractivity contribution in [1.29, 1.82) is 0 Å². The molecule has 0 bridgehead atoms. The molecule has 0 aliphatic heterocycles. The molecule has 1 aliphatic rings. The lowest BCUT2D eigenvalue weighted by molar-refractivity contribution is -0.137. The largest absolute Gasteiger partial charge is 0.416 e. The van der Waals surface area contributed by atoms with E-state index in [-0.39, 0.29) is 33.9 Å². The Bertz CT molecular complexity index is 1200. The number of alkyl halides is 3. The van der Waals surface area contributed by atoms with Gasteiger partial charge in [0.15, 0.2) is 0 Å². The van der Waals surface area contributed by atoms with Gasteiger partial charge in [0.05, 0.1) is 17.4 Å². The summed E-state index contributed by atoms with van der Waals surface area (Å²) in [5, 5.41) is 5.35. The lowest BCUT2D eigenvalue weighted by Gasteiger charge is -2.14. The second kappa shape index (κ2) is 8.58. The number of amides is 2. The van der Waals surface area contributed by atoms with Crippen molar-refractivity contribution in [2.75, 3.05) is 5.32 Å². The zero-order valence-electron chi connectivity index (χ0n) is 16.4. The molecule has 2 heterocycles. The van der Waals surface area contributed by atoms with Crippen LogP contribution in [0.4, 0.5) is 18.9 Å². The number of pyridine rings is 2. The van der Waals surface area contributed by atoms with Gasteiger partial charge in [0.2, 0.25) is 0 Å². The standard InChI is InChI=1S/C22H16ClF3N4O2/c23-17-10-13(22(24,25)26)1-4-15(17)16-6-7-27-11-19(16)30-20(31)12-5-8-28-18(9-12)21(32)29-14-2-3-14/h1,4-11,14H,2-3H2,(H,29,32)(H,30,31). The number of rotatable bonds is 5. The van der Waals surface area contributed by atoms with Crippen LogP contribution in [0.3, 0.4) is 0 Å². The fourth-order valence-electron chi connectivity index (χ4n) is 3.02. The summed E-state index contributed by atoms with van der Waals surface area (Å²) in [4.78, 5) is 33.0. The minimum Gasteiger partial charge on any atom is -0.348 e. The van der Waals surface area contributed by atoms with Crippen LogP contribution in [0.1, 0.15) is 39.3 Å². The van der Waals surface area contributed by atoms with E-state index in [4.69, 9.17) is 11.6 Å². The Hall–Kier alpha value is -3.46. The van der Waals surface area contributed by atoms with Crippen molar-refractivity contribution in [3.8, 4) is 11.1 Å². The van der Waals surface area contributed by atoms with Gasteiger partial charge in [0, 0.05) is 40.1 Å². The zero-order valence-corrected chi connectivity index (χ0v) is 17.2. The van der Waals surface area contributed by atoms with Crippen molar-refractivity contribution >= 4 is 29.1 Å². The van der Waals surface area contributed by atoms with Crippen LogP contribution in [-0.2, 0) is 6.18 Å². The predicted molar refractivity (Wildman–Crippen MR) is 112 cm³/mol. The third-order valence-corrected chi connectivity index (χ3v) is 5.14. The summed E-state index contributed by atoms with van der Waals surface area (Å²) in [6, 6.07) is 7.48. The molecule has 2 amide bonds. The van der Waals surface area contributed by atoms with Gasteiger partial charge in [0.1, 0.15) is 5.69 Å². The number of benzene rings is 1. The number of hydrogen-bond donors (Lipinski definition) is 2. The molecule has 1 aromatic carbocycles. The molecule has 1 aliphatic carbocycles. The van der Waals surface area contributed by atoms with Crippen molar-refractivity contribution < 1.29 is 22.8 Å². The van der Waals surface area contributed by atoms with Gasteiger partial charge in [-0.25, -0.2) is 0 Å². The first-order valence-corrected chi connectivity index (χ1v) is 9.99. The Morgan fingerprint density at radius 2 is 1.78 bits per heavy atom. The number of nitrogens with one attached hydrogen (secondary N) is 2. The summed E-state index contributed by atoms with van der Waals surface area (Å²) in [6.07, 6.45) is 1.47. The monoisotopic (exact) mass is 460 g/mol. The predicted octanol–water partition coefficient (Wildman–Crippen LogP) is 4.96. The Morgan fingerprint density at radius 1 is 1.00 bits per heavy atom. The van der Waals surface area contributed by atoms with E-state index in [0.29, 0.717) is 11.1 Å². The average Bonchev–Trinajstić information content (AvgIpc) is 3.57. The van der Waals surface area contributed by atoms with Gasteiger partial charge in [-0.3, -0.25) is 19.6 Å². The van der Waals surface area contributed by atoms with E-state index in [0.717, 1.165) is 25.0 Å². The molecule has 1 saturated carbocycles. The molecule has 0 spiro atoms. The van der Waals surface area contributed by atoms with E-state index in [1.807, 2.05) is 0 Å². The summed E-state index contributed by atoms with van der Waals surface area (Å²) >= 11 is 6.11. The third-order valence-electron chi connectivity index (χ3n) is 4.82. The maximum Gasteiger partial charge on any atom is 0.416 e. The first-order chi connectivity index (χ1) is 15.2. The first kappa shape index (κ1) is 21.8. The molecule has 0 unspecified atom stereocenters. The highest BCUT2D eigenvalue weighted by Gasteiger charge is 2.31. The Labute approximate surface area is 185 Å². The fourth-order valence-corrected chi connectivity index (χ4v) is 3.30. The van der Waals surface area contributed by atoms with Crippen molar-refractivity contribution in [2.45, 2.75) is 25.1 Å². The van der Waals surface area contributed by atoms with Crippen LogP contribution >= 0.6 is 11.6 Å². The van der Waals surface area contributed by atoms with E-state index in [9.17, 15) is 22.8 Å².